The molecule has 2 aromatic rings. The summed E-state index contributed by atoms with van der Waals surface area (Å²) in [6, 6.07) is 7.90. The summed E-state index contributed by atoms with van der Waals surface area (Å²) in [4.78, 5) is 28.5. The summed E-state index contributed by atoms with van der Waals surface area (Å²) in [5.74, 6) is 0.637. The molecule has 0 unspecified atom stereocenters. The van der Waals surface area contributed by atoms with Crippen LogP contribution in [0.25, 0.3) is 11.5 Å². The fourth-order valence-corrected chi connectivity index (χ4v) is 4.69. The Bertz CT molecular complexity index is 875. The van der Waals surface area contributed by atoms with Crippen LogP contribution in [-0.4, -0.2) is 38.9 Å². The molecule has 27 heavy (non-hydrogen) atoms. The van der Waals surface area contributed by atoms with E-state index in [1.54, 1.807) is 6.26 Å². The quantitative estimate of drug-likeness (QED) is 0.902. The Morgan fingerprint density at radius 1 is 1.15 bits per heavy atom. The molecule has 0 radical (unpaired) electrons. The van der Waals surface area contributed by atoms with Gasteiger partial charge in [0.2, 0.25) is 5.91 Å². The van der Waals surface area contributed by atoms with Crippen molar-refractivity contribution in [3.8, 4) is 11.5 Å². The lowest BCUT2D eigenvalue weighted by atomic mass is 9.93. The number of amides is 2. The van der Waals surface area contributed by atoms with Crippen molar-refractivity contribution in [2.75, 3.05) is 0 Å². The van der Waals surface area contributed by atoms with Crippen molar-refractivity contribution in [3.63, 3.8) is 0 Å². The number of aromatic nitrogens is 1. The minimum atomic E-state index is -0.881. The van der Waals surface area contributed by atoms with Gasteiger partial charge >= 0.3 is 0 Å². The summed E-state index contributed by atoms with van der Waals surface area (Å²) >= 11 is 0. The molecule has 0 bridgehead atoms. The van der Waals surface area contributed by atoms with Crippen molar-refractivity contribution < 1.29 is 14.0 Å². The van der Waals surface area contributed by atoms with Gasteiger partial charge in [0.15, 0.2) is 0 Å². The summed E-state index contributed by atoms with van der Waals surface area (Å²) in [6.07, 6.45) is 7.97. The fraction of sp³-hybridized carbons (Fsp3) is 0.524. The van der Waals surface area contributed by atoms with Crippen LogP contribution in [0, 0.1) is 0 Å². The molecule has 3 heterocycles. The Labute approximate surface area is 158 Å². The lowest BCUT2D eigenvalue weighted by Crippen LogP contribution is -2.65. The monoisotopic (exact) mass is 367 g/mol. The van der Waals surface area contributed by atoms with Crippen LogP contribution in [0.15, 0.2) is 34.9 Å². The number of nitrogens with zero attached hydrogens (tertiary/aromatic N) is 2. The molecule has 6 heteroatoms. The number of carbonyl (C=O) groups excluding carboxylic acids is 2. The molecule has 2 fully saturated rings. The average molecular weight is 367 g/mol. The van der Waals surface area contributed by atoms with E-state index in [0.717, 1.165) is 44.2 Å². The standard InChI is InChI=1S/C21H25N3O3/c1-21(20(26)22-14-5-2-3-6-14)13-23-16(18-7-4-12-27-18)10-11-17(23)19(25)24(21)15-8-9-15/h4,7,10-12,14-15H,2-3,5-6,8-9,13H2,1H3,(H,22,26)/t21-/m1/s1. The summed E-state index contributed by atoms with van der Waals surface area (Å²) in [5, 5.41) is 3.23. The van der Waals surface area contributed by atoms with Gasteiger partial charge < -0.3 is 19.2 Å². The van der Waals surface area contributed by atoms with E-state index < -0.39 is 5.54 Å². The second-order valence-corrected chi connectivity index (χ2v) is 8.30. The van der Waals surface area contributed by atoms with Crippen LogP contribution in [-0.2, 0) is 11.3 Å². The second-order valence-electron chi connectivity index (χ2n) is 8.30. The highest BCUT2D eigenvalue weighted by atomic mass is 16.3. The maximum atomic E-state index is 13.4. The van der Waals surface area contributed by atoms with Gasteiger partial charge in [-0.15, -0.1) is 0 Å². The predicted octanol–water partition coefficient (Wildman–Crippen LogP) is 3.18. The van der Waals surface area contributed by atoms with E-state index in [2.05, 4.69) is 5.32 Å². The van der Waals surface area contributed by atoms with Crippen LogP contribution in [0.5, 0.6) is 0 Å². The number of nitrogens with one attached hydrogen (secondary N) is 1. The number of hydrogen-bond acceptors (Lipinski definition) is 3. The first-order chi connectivity index (χ1) is 13.1. The highest BCUT2D eigenvalue weighted by molar-refractivity contribution is 6.01. The maximum Gasteiger partial charge on any atom is 0.271 e. The van der Waals surface area contributed by atoms with Gasteiger partial charge in [0.05, 0.1) is 18.5 Å². The molecule has 142 valence electrons. The molecule has 2 aromatic heterocycles. The maximum absolute atomic E-state index is 13.4. The number of furan rings is 1. The van der Waals surface area contributed by atoms with Crippen LogP contribution >= 0.6 is 0 Å². The second kappa shape index (κ2) is 6.01. The number of hydrogen-bond donors (Lipinski definition) is 1. The Hall–Kier alpha value is -2.50. The highest BCUT2D eigenvalue weighted by Gasteiger charge is 2.53. The van der Waals surface area contributed by atoms with Gasteiger partial charge in [-0.3, -0.25) is 9.59 Å². The summed E-state index contributed by atoms with van der Waals surface area (Å²) in [7, 11) is 0. The van der Waals surface area contributed by atoms with Crippen LogP contribution in [0.2, 0.25) is 0 Å². The van der Waals surface area contributed by atoms with E-state index in [1.165, 1.54) is 0 Å². The summed E-state index contributed by atoms with van der Waals surface area (Å²) in [5.41, 5.74) is 0.604. The van der Waals surface area contributed by atoms with Gasteiger partial charge in [-0.25, -0.2) is 0 Å². The minimum Gasteiger partial charge on any atom is -0.463 e. The van der Waals surface area contributed by atoms with Crippen LogP contribution < -0.4 is 5.32 Å². The van der Waals surface area contributed by atoms with Crippen molar-refractivity contribution >= 4 is 11.8 Å². The Morgan fingerprint density at radius 2 is 1.89 bits per heavy atom. The van der Waals surface area contributed by atoms with Gasteiger partial charge in [-0.1, -0.05) is 12.8 Å². The van der Waals surface area contributed by atoms with Crippen molar-refractivity contribution in [3.05, 3.63) is 36.2 Å². The van der Waals surface area contributed by atoms with E-state index in [4.69, 9.17) is 4.42 Å². The number of carbonyl (C=O) groups is 2. The first-order valence-corrected chi connectivity index (χ1v) is 9.96. The average Bonchev–Trinajstić information content (AvgIpc) is 3.08. The van der Waals surface area contributed by atoms with E-state index in [0.29, 0.717) is 18.0 Å². The zero-order chi connectivity index (χ0) is 18.6. The molecule has 0 saturated heterocycles. The molecule has 6 nitrogen and oxygen atoms in total. The fourth-order valence-electron chi connectivity index (χ4n) is 4.69. The van der Waals surface area contributed by atoms with E-state index >= 15 is 0 Å². The zero-order valence-corrected chi connectivity index (χ0v) is 15.6. The van der Waals surface area contributed by atoms with E-state index in [1.807, 2.05) is 40.7 Å². The normalized spacial score (nSPS) is 25.7. The first-order valence-electron chi connectivity index (χ1n) is 9.96. The van der Waals surface area contributed by atoms with E-state index in [-0.39, 0.29) is 23.9 Å². The van der Waals surface area contributed by atoms with Gasteiger partial charge in [-0.2, -0.15) is 0 Å². The molecule has 1 N–H and O–H groups in total. The lowest BCUT2D eigenvalue weighted by molar-refractivity contribution is -0.133. The molecule has 2 amide bonds. The van der Waals surface area contributed by atoms with Crippen molar-refractivity contribution in [1.82, 2.24) is 14.8 Å². The molecule has 1 atom stereocenters. The molecular formula is C21H25N3O3. The SMILES string of the molecule is C[C@]1(C(=O)NC2CCCC2)Cn2c(ccc2-c2ccco2)C(=O)N1C1CC1. The lowest BCUT2D eigenvalue weighted by Gasteiger charge is -2.45. The Morgan fingerprint density at radius 3 is 2.56 bits per heavy atom. The van der Waals surface area contributed by atoms with Gasteiger partial charge in [0, 0.05) is 12.1 Å². The Balaban J connectivity index is 1.53. The molecule has 0 aromatic carbocycles. The zero-order valence-electron chi connectivity index (χ0n) is 15.6. The smallest absolute Gasteiger partial charge is 0.271 e. The van der Waals surface area contributed by atoms with Gasteiger partial charge in [-0.05, 0) is 56.9 Å². The molecule has 3 aliphatic rings. The van der Waals surface area contributed by atoms with Gasteiger partial charge in [0.1, 0.15) is 17.0 Å². The summed E-state index contributed by atoms with van der Waals surface area (Å²) in [6.45, 7) is 2.37. The van der Waals surface area contributed by atoms with Crippen molar-refractivity contribution in [2.45, 2.75) is 69.6 Å². The molecule has 5 rings (SSSR count). The molecule has 1 aliphatic heterocycles. The number of rotatable bonds is 4. The van der Waals surface area contributed by atoms with Crippen LogP contribution in [0.4, 0.5) is 0 Å². The van der Waals surface area contributed by atoms with Crippen LogP contribution in [0.3, 0.4) is 0 Å². The Kier molecular flexibility index (Phi) is 3.71. The van der Waals surface area contributed by atoms with Crippen molar-refractivity contribution in [1.29, 1.82) is 0 Å². The molecule has 2 aliphatic carbocycles. The van der Waals surface area contributed by atoms with Gasteiger partial charge in [0.25, 0.3) is 5.91 Å². The first kappa shape index (κ1) is 16.7. The predicted molar refractivity (Wildman–Crippen MR) is 100 cm³/mol. The molecule has 2 saturated carbocycles. The topological polar surface area (TPSA) is 67.5 Å². The number of fused-ring (bicyclic) bond motifs is 1. The summed E-state index contributed by atoms with van der Waals surface area (Å²) < 4.78 is 7.51. The highest BCUT2D eigenvalue weighted by Crippen LogP contribution is 2.40. The van der Waals surface area contributed by atoms with Crippen LogP contribution in [0.1, 0.15) is 55.9 Å². The third-order valence-corrected chi connectivity index (χ3v) is 6.28. The third-order valence-electron chi connectivity index (χ3n) is 6.28. The molecule has 0 spiro atoms. The van der Waals surface area contributed by atoms with E-state index in [9.17, 15) is 9.59 Å². The largest absolute Gasteiger partial charge is 0.463 e. The minimum absolute atomic E-state index is 0.0283. The van der Waals surface area contributed by atoms with Crippen molar-refractivity contribution in [2.24, 2.45) is 0 Å². The molecular weight excluding hydrogens is 342 g/mol. The third kappa shape index (κ3) is 2.61.